The van der Waals surface area contributed by atoms with E-state index in [9.17, 15) is 71.5 Å². The minimum Gasteiger partial charge on any atom is -0.387 e. The van der Waals surface area contributed by atoms with Gasteiger partial charge in [0, 0.05) is 31.0 Å². The van der Waals surface area contributed by atoms with Gasteiger partial charge in [-0.1, -0.05) is 158 Å². The minimum absolute atomic E-state index is 0.0801. The van der Waals surface area contributed by atoms with Crippen molar-refractivity contribution >= 4 is 158 Å². The van der Waals surface area contributed by atoms with E-state index in [0.29, 0.717) is 0 Å². The lowest BCUT2D eigenvalue weighted by Gasteiger charge is -2.50. The van der Waals surface area contributed by atoms with Crippen LogP contribution in [-0.2, 0) is 66.3 Å². The molecule has 0 radical (unpaired) electrons. The Kier molecular flexibility index (Phi) is 25.7. The lowest BCUT2D eigenvalue weighted by molar-refractivity contribution is -0.388. The average Bonchev–Trinajstić information content (AvgIpc) is 3.46. The molecule has 0 aromatic heterocycles. The fourth-order valence-corrected chi connectivity index (χ4v) is 15.2. The summed E-state index contributed by atoms with van der Waals surface area (Å²) in [5, 5.41) is 161. The lowest BCUT2D eigenvalue weighted by Crippen LogP contribution is -2.68. The molecule has 77 heavy (non-hydrogen) atoms. The number of ether oxygens (including phenoxy) is 14. The molecule has 448 valence electrons. The van der Waals surface area contributed by atoms with Crippen LogP contribution in [0.4, 0.5) is 0 Å². The Hall–Kier alpha value is 3.99. The van der Waals surface area contributed by atoms with Crippen molar-refractivity contribution in [1.29, 1.82) is 0 Å². The van der Waals surface area contributed by atoms with Crippen LogP contribution in [0.5, 0.6) is 0 Å². The van der Waals surface area contributed by atoms with Gasteiger partial charge in [0.1, 0.15) is 128 Å². The van der Waals surface area contributed by atoms with Crippen LogP contribution in [0.25, 0.3) is 0 Å². The van der Waals surface area contributed by atoms with Gasteiger partial charge in [0.15, 0.2) is 44.0 Å². The molecule has 35 atom stereocenters. The summed E-state index contributed by atoms with van der Waals surface area (Å²) in [6.45, 7) is 0. The van der Waals surface area contributed by atoms with Crippen LogP contribution in [0, 0.1) is 0 Å². The maximum absolute atomic E-state index is 11.6. The predicted molar refractivity (Wildman–Crippen MR) is 311 cm³/mol. The zero-order chi connectivity index (χ0) is 56.1. The van der Waals surface area contributed by atoms with E-state index in [0.717, 1.165) is 0 Å². The third-order valence-corrected chi connectivity index (χ3v) is 20.7. The van der Waals surface area contributed by atoms with Gasteiger partial charge in [0.05, 0.1) is 42.7 Å². The maximum Gasteiger partial charge on any atom is 0.187 e. The van der Waals surface area contributed by atoms with Crippen molar-refractivity contribution in [2.24, 2.45) is 0 Å². The summed E-state index contributed by atoms with van der Waals surface area (Å²) in [4.78, 5) is 0. The molecular formula is C42H63I7O28. The first kappa shape index (κ1) is 66.9. The highest BCUT2D eigenvalue weighted by molar-refractivity contribution is 14.1. The number of hydrogen-bond acceptors (Lipinski definition) is 28. The van der Waals surface area contributed by atoms with Crippen LogP contribution >= 0.6 is 158 Å². The number of hydrogen-bond donors (Lipinski definition) is 14. The average molecular weight is 1900 g/mol. The second-order valence-electron chi connectivity index (χ2n) is 19.5. The summed E-state index contributed by atoms with van der Waals surface area (Å²) in [7, 11) is 0. The van der Waals surface area contributed by atoms with Crippen LogP contribution in [0.1, 0.15) is 0 Å². The molecular weight excluding hydrogens is 1840 g/mol. The van der Waals surface area contributed by atoms with E-state index in [1.165, 1.54) is 0 Å². The summed E-state index contributed by atoms with van der Waals surface area (Å²) < 4.78 is 85.7. The Morgan fingerprint density at radius 3 is 0.364 bits per heavy atom. The number of aliphatic hydroxyl groups is 14. The SMILES string of the molecule is OC1C(O)[C@@H]2O[C@H]3OC(CI)[C@@H](O[C@H]4OC(CI)[C@@H](O[C@H]5OC(CI)[C@@H](O[C@@H]6OC(CI)[C@@H](O[C@H]7OC(CI)[C@@H](O[C@H]8OC(CI)[C@@H](O[C@H]1OC2CI)C(O)C8O)C(O)C7O)C(O)C6O)C(O)C5O)C(O)C4O)C(O)C3O. The van der Waals surface area contributed by atoms with Crippen molar-refractivity contribution < 1.29 is 138 Å². The third kappa shape index (κ3) is 14.1. The first-order chi connectivity index (χ1) is 36.7. The van der Waals surface area contributed by atoms with Crippen molar-refractivity contribution in [3.05, 3.63) is 0 Å². The summed E-state index contributed by atoms with van der Waals surface area (Å²) in [6, 6.07) is 0. The first-order valence-electron chi connectivity index (χ1n) is 24.3. The molecule has 0 saturated carbocycles. The number of alkyl halides is 7. The summed E-state index contributed by atoms with van der Waals surface area (Å²) >= 11 is 13.5. The normalized spacial score (nSPS) is 55.4. The van der Waals surface area contributed by atoms with Gasteiger partial charge in [0.25, 0.3) is 0 Å². The fourth-order valence-electron chi connectivity index (χ4n) is 10.3. The Labute approximate surface area is 535 Å². The van der Waals surface area contributed by atoms with E-state index < -0.39 is 215 Å². The van der Waals surface area contributed by atoms with E-state index in [4.69, 9.17) is 66.3 Å². The molecule has 21 aliphatic heterocycles. The highest BCUT2D eigenvalue weighted by Crippen LogP contribution is 2.40. The predicted octanol–water partition coefficient (Wildman–Crippen LogP) is -5.13. The zero-order valence-electron chi connectivity index (χ0n) is 39.8. The smallest absolute Gasteiger partial charge is 0.187 e. The van der Waals surface area contributed by atoms with Gasteiger partial charge >= 0.3 is 0 Å². The second-order valence-corrected chi connectivity index (χ2v) is 25.6. The molecule has 21 aliphatic rings. The van der Waals surface area contributed by atoms with E-state index in [2.05, 4.69) is 0 Å². The Bertz CT molecular complexity index is 1490. The van der Waals surface area contributed by atoms with Crippen molar-refractivity contribution in [2.75, 3.05) is 31.0 Å². The third-order valence-electron chi connectivity index (χ3n) is 14.6. The molecule has 0 aliphatic carbocycles. The van der Waals surface area contributed by atoms with Gasteiger partial charge in [0.2, 0.25) is 0 Å². The van der Waals surface area contributed by atoms with Crippen molar-refractivity contribution in [1.82, 2.24) is 0 Å². The quantitative estimate of drug-likeness (QED) is 0.0837. The van der Waals surface area contributed by atoms with Crippen LogP contribution in [-0.4, -0.2) is 317 Å². The van der Waals surface area contributed by atoms with E-state index in [1.807, 2.05) is 158 Å². The first-order valence-corrected chi connectivity index (χ1v) is 35.0. The molecule has 21 fully saturated rings. The fraction of sp³-hybridized carbons (Fsp3) is 1.00. The Morgan fingerprint density at radius 2 is 0.273 bits per heavy atom. The highest BCUT2D eigenvalue weighted by Gasteiger charge is 2.59. The topological polar surface area (TPSA) is 412 Å². The largest absolute Gasteiger partial charge is 0.387 e. The number of halogens is 7. The standard InChI is InChI=1S/C42H63I7O28/c43-1-8-29-15(50)22(57)36(64-8)72-30-9(2-44)66-38(24(59)17(30)52)74-32-11(4-46)68-40(26(61)19(32)54)76-34-13(6-48)70-42(28(63)21(34)56)77-35-14(7-49)69-41(27(62)20(35)55)75-33-12(5-47)67-39(25(60)18(33)53)73-31-10(3-45)65-37(71-29)23(58)16(31)51/h8-42,50-63H,1-7H2/t8?,9?,10?,11?,12?,13?,14?,15?,16?,17?,18?,19?,20?,21?,22?,23?,24?,25?,26?,27?,28?,29-,30-,31-,32-,33-,34-,35-,36-,37-,38-,39-,40-,41-,42+/m1/s1. The summed E-state index contributed by atoms with van der Waals surface area (Å²) in [6.07, 6.45) is -55.6. The molecule has 0 amide bonds. The van der Waals surface area contributed by atoms with Gasteiger partial charge in [-0.2, -0.15) is 0 Å². The Morgan fingerprint density at radius 1 is 0.169 bits per heavy atom. The summed E-state index contributed by atoms with van der Waals surface area (Å²) in [5.74, 6) is 0. The molecule has 21 heterocycles. The van der Waals surface area contributed by atoms with Crippen molar-refractivity contribution in [3.8, 4) is 0 Å². The molecule has 0 aromatic carbocycles. The molecule has 0 spiro atoms. The number of rotatable bonds is 7. The van der Waals surface area contributed by atoms with E-state index in [-0.39, 0.29) is 31.0 Å². The van der Waals surface area contributed by atoms with Crippen LogP contribution < -0.4 is 0 Å². The van der Waals surface area contributed by atoms with Gasteiger partial charge in [-0.05, 0) is 0 Å². The molecule has 14 N–H and O–H groups in total. The maximum atomic E-state index is 11.6. The van der Waals surface area contributed by atoms with Crippen molar-refractivity contribution in [3.63, 3.8) is 0 Å². The molecule has 0 aromatic rings. The minimum atomic E-state index is -1.90. The molecule has 21 saturated heterocycles. The lowest BCUT2D eigenvalue weighted by atomic mass is 9.96. The van der Waals surface area contributed by atoms with Crippen LogP contribution in [0.15, 0.2) is 0 Å². The van der Waals surface area contributed by atoms with Gasteiger partial charge < -0.3 is 138 Å². The van der Waals surface area contributed by atoms with Crippen molar-refractivity contribution in [2.45, 2.75) is 215 Å². The van der Waals surface area contributed by atoms with E-state index in [1.54, 1.807) is 0 Å². The van der Waals surface area contributed by atoms with Gasteiger partial charge in [-0.3, -0.25) is 0 Å². The molecule has 21 rings (SSSR count). The van der Waals surface area contributed by atoms with Gasteiger partial charge in [-0.15, -0.1) is 0 Å². The molecule has 35 heteroatoms. The van der Waals surface area contributed by atoms with E-state index >= 15 is 0 Å². The van der Waals surface area contributed by atoms with Gasteiger partial charge in [-0.25, -0.2) is 0 Å². The second kappa shape index (κ2) is 29.5. The molecule has 28 nitrogen and oxygen atoms in total. The zero-order valence-corrected chi connectivity index (χ0v) is 54.9. The monoisotopic (exact) mass is 1900 g/mol. The number of aliphatic hydroxyl groups excluding tert-OH is 14. The van der Waals surface area contributed by atoms with Crippen LogP contribution in [0.2, 0.25) is 0 Å². The Balaban J connectivity index is 1.08. The van der Waals surface area contributed by atoms with Crippen LogP contribution in [0.3, 0.4) is 0 Å². The highest BCUT2D eigenvalue weighted by atomic mass is 127. The molecule has 14 bridgehead atoms. The molecule has 21 unspecified atom stereocenters. The summed E-state index contributed by atoms with van der Waals surface area (Å²) in [5.41, 5.74) is 0.